The number of nitrogens with zero attached hydrogens (tertiary/aromatic N) is 5. The summed E-state index contributed by atoms with van der Waals surface area (Å²) in [7, 11) is 0. The molecule has 0 aliphatic heterocycles. The van der Waals surface area contributed by atoms with E-state index in [1.807, 2.05) is 25.1 Å². The van der Waals surface area contributed by atoms with Gasteiger partial charge in [0, 0.05) is 28.7 Å². The van der Waals surface area contributed by atoms with Gasteiger partial charge in [-0.25, -0.2) is 13.5 Å². The minimum Gasteiger partial charge on any atom is -0.494 e. The summed E-state index contributed by atoms with van der Waals surface area (Å²) in [6.45, 7) is 1.35. The van der Waals surface area contributed by atoms with E-state index in [0.29, 0.717) is 16.5 Å². The predicted molar refractivity (Wildman–Crippen MR) is 92.5 cm³/mol. The van der Waals surface area contributed by atoms with Crippen molar-refractivity contribution in [3.63, 3.8) is 0 Å². The van der Waals surface area contributed by atoms with Crippen molar-refractivity contribution >= 4 is 10.8 Å². The summed E-state index contributed by atoms with van der Waals surface area (Å²) in [4.78, 5) is 4.08. The molecule has 0 fully saturated rings. The van der Waals surface area contributed by atoms with Gasteiger partial charge in [0.25, 0.3) is 6.43 Å². The standard InChI is InChI=1S/C18H15F2N5O/c1-11-17(22-23-25(11)14-3-2-6-21-8-14)12-4-5-15-13(7-12)9-24(18(15)26)10-16(19)20/h2-9,16,26H,10H2,1H3. The molecule has 1 aromatic carbocycles. The average molecular weight is 355 g/mol. The van der Waals surface area contributed by atoms with Gasteiger partial charge in [-0.05, 0) is 31.2 Å². The van der Waals surface area contributed by atoms with Gasteiger partial charge in [-0.2, -0.15) is 0 Å². The molecule has 0 amide bonds. The number of hydrogen-bond donors (Lipinski definition) is 1. The van der Waals surface area contributed by atoms with Crippen LogP contribution in [-0.2, 0) is 6.54 Å². The quantitative estimate of drug-likeness (QED) is 0.608. The first-order valence-corrected chi connectivity index (χ1v) is 7.97. The largest absolute Gasteiger partial charge is 0.494 e. The molecule has 132 valence electrons. The Morgan fingerprint density at radius 2 is 2.08 bits per heavy atom. The molecule has 3 aromatic heterocycles. The van der Waals surface area contributed by atoms with Crippen LogP contribution in [-0.4, -0.2) is 36.1 Å². The summed E-state index contributed by atoms with van der Waals surface area (Å²) in [5, 5.41) is 19.7. The van der Waals surface area contributed by atoms with Crippen molar-refractivity contribution in [1.29, 1.82) is 0 Å². The van der Waals surface area contributed by atoms with E-state index >= 15 is 0 Å². The average Bonchev–Trinajstić information content (AvgIpc) is 3.15. The third kappa shape index (κ3) is 2.69. The van der Waals surface area contributed by atoms with Crippen LogP contribution in [0.4, 0.5) is 8.78 Å². The Hall–Kier alpha value is -3.29. The van der Waals surface area contributed by atoms with Crippen molar-refractivity contribution in [1.82, 2.24) is 24.5 Å². The highest BCUT2D eigenvalue weighted by Crippen LogP contribution is 2.32. The zero-order chi connectivity index (χ0) is 18.3. The summed E-state index contributed by atoms with van der Waals surface area (Å²) in [6, 6.07) is 8.99. The molecule has 0 atom stereocenters. The molecule has 0 spiro atoms. The van der Waals surface area contributed by atoms with Crippen LogP contribution >= 0.6 is 0 Å². The van der Waals surface area contributed by atoms with Crippen LogP contribution in [0.3, 0.4) is 0 Å². The highest BCUT2D eigenvalue weighted by molar-refractivity contribution is 5.91. The zero-order valence-electron chi connectivity index (χ0n) is 13.8. The van der Waals surface area contributed by atoms with E-state index in [1.54, 1.807) is 29.2 Å². The maximum Gasteiger partial charge on any atom is 0.256 e. The molecule has 4 aromatic rings. The van der Waals surface area contributed by atoms with E-state index in [4.69, 9.17) is 0 Å². The van der Waals surface area contributed by atoms with Gasteiger partial charge in [-0.3, -0.25) is 4.98 Å². The Morgan fingerprint density at radius 3 is 2.81 bits per heavy atom. The van der Waals surface area contributed by atoms with Crippen LogP contribution in [0.5, 0.6) is 5.88 Å². The molecule has 0 bridgehead atoms. The Labute approximate surface area is 147 Å². The Bertz CT molecular complexity index is 1070. The molecule has 0 radical (unpaired) electrons. The van der Waals surface area contributed by atoms with Gasteiger partial charge < -0.3 is 9.67 Å². The third-order valence-corrected chi connectivity index (χ3v) is 4.25. The molecular weight excluding hydrogens is 340 g/mol. The van der Waals surface area contributed by atoms with Crippen molar-refractivity contribution in [3.05, 3.63) is 54.6 Å². The fraction of sp³-hybridized carbons (Fsp3) is 0.167. The summed E-state index contributed by atoms with van der Waals surface area (Å²) >= 11 is 0. The van der Waals surface area contributed by atoms with Gasteiger partial charge in [-0.1, -0.05) is 11.3 Å². The molecular formula is C18H15F2N5O. The van der Waals surface area contributed by atoms with Gasteiger partial charge in [0.05, 0.1) is 24.1 Å². The first kappa shape index (κ1) is 16.2. The molecule has 0 aliphatic carbocycles. The van der Waals surface area contributed by atoms with Crippen LogP contribution in [0.1, 0.15) is 5.69 Å². The van der Waals surface area contributed by atoms with Crippen LogP contribution in [0.15, 0.2) is 48.9 Å². The number of alkyl halides is 2. The number of aromatic nitrogens is 5. The van der Waals surface area contributed by atoms with E-state index in [1.165, 1.54) is 6.20 Å². The highest BCUT2D eigenvalue weighted by Gasteiger charge is 2.16. The number of pyridine rings is 1. The number of hydrogen-bond acceptors (Lipinski definition) is 4. The van der Waals surface area contributed by atoms with Gasteiger partial charge in [-0.15, -0.1) is 5.10 Å². The molecule has 26 heavy (non-hydrogen) atoms. The molecule has 1 N–H and O–H groups in total. The van der Waals surface area contributed by atoms with Crippen molar-refractivity contribution < 1.29 is 13.9 Å². The lowest BCUT2D eigenvalue weighted by Crippen LogP contribution is -2.04. The van der Waals surface area contributed by atoms with Crippen molar-refractivity contribution in [2.75, 3.05) is 0 Å². The molecule has 4 rings (SSSR count). The normalized spacial score (nSPS) is 11.5. The SMILES string of the molecule is Cc1c(-c2ccc3c(O)n(CC(F)F)cc3c2)nnn1-c1cccnc1. The maximum absolute atomic E-state index is 12.6. The fourth-order valence-corrected chi connectivity index (χ4v) is 3.01. The first-order valence-electron chi connectivity index (χ1n) is 7.97. The summed E-state index contributed by atoms with van der Waals surface area (Å²) in [6.07, 6.45) is 2.35. The van der Waals surface area contributed by atoms with E-state index in [-0.39, 0.29) is 5.88 Å². The minimum absolute atomic E-state index is 0.164. The van der Waals surface area contributed by atoms with E-state index in [0.717, 1.165) is 21.5 Å². The lowest BCUT2D eigenvalue weighted by atomic mass is 10.1. The van der Waals surface area contributed by atoms with Gasteiger partial charge >= 0.3 is 0 Å². The fourth-order valence-electron chi connectivity index (χ4n) is 3.01. The van der Waals surface area contributed by atoms with Gasteiger partial charge in [0.1, 0.15) is 5.69 Å². The monoisotopic (exact) mass is 355 g/mol. The lowest BCUT2D eigenvalue weighted by Gasteiger charge is -2.03. The number of fused-ring (bicyclic) bond motifs is 1. The van der Waals surface area contributed by atoms with E-state index in [9.17, 15) is 13.9 Å². The van der Waals surface area contributed by atoms with Crippen LogP contribution in [0.25, 0.3) is 27.7 Å². The number of benzene rings is 1. The molecule has 3 heterocycles. The number of aromatic hydroxyl groups is 1. The molecule has 0 aliphatic rings. The topological polar surface area (TPSA) is 68.8 Å². The Kier molecular flexibility index (Phi) is 3.87. The van der Waals surface area contributed by atoms with Crippen LogP contribution in [0.2, 0.25) is 0 Å². The van der Waals surface area contributed by atoms with Gasteiger partial charge in [0.2, 0.25) is 0 Å². The number of rotatable bonds is 4. The molecule has 0 unspecified atom stereocenters. The second-order valence-corrected chi connectivity index (χ2v) is 5.94. The lowest BCUT2D eigenvalue weighted by molar-refractivity contribution is 0.123. The smallest absolute Gasteiger partial charge is 0.256 e. The third-order valence-electron chi connectivity index (χ3n) is 4.25. The van der Waals surface area contributed by atoms with E-state index in [2.05, 4.69) is 15.3 Å². The van der Waals surface area contributed by atoms with Crippen molar-refractivity contribution in [3.8, 4) is 22.8 Å². The van der Waals surface area contributed by atoms with Gasteiger partial charge in [0.15, 0.2) is 5.88 Å². The maximum atomic E-state index is 12.6. The predicted octanol–water partition coefficient (Wildman–Crippen LogP) is 3.56. The molecule has 0 saturated carbocycles. The minimum atomic E-state index is -2.54. The Morgan fingerprint density at radius 1 is 1.23 bits per heavy atom. The summed E-state index contributed by atoms with van der Waals surface area (Å²) in [5.74, 6) is -0.164. The second kappa shape index (κ2) is 6.21. The summed E-state index contributed by atoms with van der Waals surface area (Å²) in [5.41, 5.74) is 3.09. The second-order valence-electron chi connectivity index (χ2n) is 5.94. The van der Waals surface area contributed by atoms with Crippen LogP contribution < -0.4 is 0 Å². The molecule has 8 heteroatoms. The van der Waals surface area contributed by atoms with Crippen LogP contribution in [0, 0.1) is 6.92 Å². The van der Waals surface area contributed by atoms with Crippen molar-refractivity contribution in [2.24, 2.45) is 0 Å². The zero-order valence-corrected chi connectivity index (χ0v) is 13.8. The summed E-state index contributed by atoms with van der Waals surface area (Å²) < 4.78 is 28.1. The van der Waals surface area contributed by atoms with E-state index < -0.39 is 13.0 Å². The Balaban J connectivity index is 1.77. The highest BCUT2D eigenvalue weighted by atomic mass is 19.3. The molecule has 6 nitrogen and oxygen atoms in total. The first-order chi connectivity index (χ1) is 12.5. The van der Waals surface area contributed by atoms with Crippen molar-refractivity contribution in [2.45, 2.75) is 19.9 Å². The number of halogens is 2. The molecule has 0 saturated heterocycles.